The van der Waals surface area contributed by atoms with E-state index < -0.39 is 22.8 Å². The van der Waals surface area contributed by atoms with Crippen molar-refractivity contribution in [3.63, 3.8) is 0 Å². The summed E-state index contributed by atoms with van der Waals surface area (Å²) in [5, 5.41) is 15.1. The van der Waals surface area contributed by atoms with E-state index in [4.69, 9.17) is 17.0 Å². The molecule has 0 aliphatic rings. The van der Waals surface area contributed by atoms with Crippen LogP contribution in [-0.4, -0.2) is 28.0 Å². The van der Waals surface area contributed by atoms with E-state index in [1.54, 1.807) is 19.1 Å². The number of carbonyl (C=O) groups excluding carboxylic acids is 2. The molecule has 33 heavy (non-hydrogen) atoms. The van der Waals surface area contributed by atoms with Crippen molar-refractivity contribution in [2.24, 2.45) is 0 Å². The lowest BCUT2D eigenvalue weighted by Crippen LogP contribution is -2.51. The molecule has 3 rings (SSSR count). The zero-order valence-electron chi connectivity index (χ0n) is 17.5. The molecular formula is C23H20N4O5S. The molecule has 1 unspecified atom stereocenters. The van der Waals surface area contributed by atoms with Gasteiger partial charge in [-0.3, -0.25) is 35.9 Å². The second-order valence-electron chi connectivity index (χ2n) is 6.89. The number of hydrazine groups is 1. The maximum atomic E-state index is 12.3. The fraction of sp³-hybridized carbons (Fsp3) is 0.0870. The standard InChI is InChI=1S/C23H20N4O5S/c1-15(32-20-11-10-17-6-2-3-7-18(17)14-20)22(29)25-26-23(33)24-21(28)12-9-16-5-4-8-19(13-16)27(30)31/h2-15H,1H3,(H,25,29)(H2,24,26,28,33)/b12-9+. The molecule has 10 heteroatoms. The minimum absolute atomic E-state index is 0.0857. The zero-order chi connectivity index (χ0) is 23.8. The first-order valence-corrected chi connectivity index (χ1v) is 10.2. The number of carbonyl (C=O) groups is 2. The molecule has 3 N–H and O–H groups in total. The molecule has 0 aliphatic carbocycles. The lowest BCUT2D eigenvalue weighted by molar-refractivity contribution is -0.384. The van der Waals surface area contributed by atoms with Crippen LogP contribution in [0.4, 0.5) is 5.69 Å². The maximum absolute atomic E-state index is 12.3. The largest absolute Gasteiger partial charge is 0.481 e. The van der Waals surface area contributed by atoms with Crippen LogP contribution in [0.3, 0.4) is 0 Å². The van der Waals surface area contributed by atoms with Gasteiger partial charge >= 0.3 is 0 Å². The minimum Gasteiger partial charge on any atom is -0.481 e. The number of non-ortho nitro benzene ring substituents is 1. The van der Waals surface area contributed by atoms with Crippen LogP contribution < -0.4 is 20.9 Å². The summed E-state index contributed by atoms with van der Waals surface area (Å²) in [4.78, 5) is 34.5. The van der Waals surface area contributed by atoms with Gasteiger partial charge < -0.3 is 4.74 Å². The molecule has 0 radical (unpaired) electrons. The highest BCUT2D eigenvalue weighted by Crippen LogP contribution is 2.21. The lowest BCUT2D eigenvalue weighted by atomic mass is 10.1. The van der Waals surface area contributed by atoms with Gasteiger partial charge in [-0.2, -0.15) is 0 Å². The number of nitrogens with zero attached hydrogens (tertiary/aromatic N) is 1. The number of nitro benzene ring substituents is 1. The summed E-state index contributed by atoms with van der Waals surface area (Å²) in [5.41, 5.74) is 5.19. The van der Waals surface area contributed by atoms with Gasteiger partial charge in [0.25, 0.3) is 11.6 Å². The molecule has 0 spiro atoms. The second kappa shape index (κ2) is 10.8. The Morgan fingerprint density at radius 1 is 1.03 bits per heavy atom. The van der Waals surface area contributed by atoms with Crippen LogP contribution >= 0.6 is 12.2 Å². The molecule has 9 nitrogen and oxygen atoms in total. The van der Waals surface area contributed by atoms with Crippen LogP contribution in [0.15, 0.2) is 72.8 Å². The zero-order valence-corrected chi connectivity index (χ0v) is 18.3. The first-order chi connectivity index (χ1) is 15.8. The summed E-state index contributed by atoms with van der Waals surface area (Å²) in [5.74, 6) is -0.529. The topological polar surface area (TPSA) is 123 Å². The molecule has 0 heterocycles. The van der Waals surface area contributed by atoms with Gasteiger partial charge in [0.2, 0.25) is 5.91 Å². The number of benzene rings is 3. The molecule has 0 saturated carbocycles. The average Bonchev–Trinajstić information content (AvgIpc) is 2.81. The van der Waals surface area contributed by atoms with Crippen molar-refractivity contribution < 1.29 is 19.2 Å². The van der Waals surface area contributed by atoms with E-state index in [1.807, 2.05) is 36.4 Å². The predicted octanol–water partition coefficient (Wildman–Crippen LogP) is 3.25. The summed E-state index contributed by atoms with van der Waals surface area (Å²) in [6, 6.07) is 19.1. The van der Waals surface area contributed by atoms with Gasteiger partial charge in [-0.05, 0) is 53.7 Å². The summed E-state index contributed by atoms with van der Waals surface area (Å²) in [7, 11) is 0. The third-order valence-electron chi connectivity index (χ3n) is 4.45. The molecule has 3 aromatic carbocycles. The second-order valence-corrected chi connectivity index (χ2v) is 7.30. The molecule has 3 aromatic rings. The first-order valence-electron chi connectivity index (χ1n) is 9.80. The van der Waals surface area contributed by atoms with Gasteiger partial charge in [-0.25, -0.2) is 0 Å². The summed E-state index contributed by atoms with van der Waals surface area (Å²) < 4.78 is 5.67. The highest BCUT2D eigenvalue weighted by molar-refractivity contribution is 7.80. The number of ether oxygens (including phenoxy) is 1. The quantitative estimate of drug-likeness (QED) is 0.221. The fourth-order valence-electron chi connectivity index (χ4n) is 2.82. The monoisotopic (exact) mass is 464 g/mol. The van der Waals surface area contributed by atoms with Crippen LogP contribution in [0, 0.1) is 10.1 Å². The SMILES string of the molecule is CC(Oc1ccc2ccccc2c1)C(=O)NNC(=S)NC(=O)/C=C/c1cccc([N+](=O)[O-])c1. The van der Waals surface area contributed by atoms with Crippen LogP contribution in [-0.2, 0) is 9.59 Å². The first kappa shape index (κ1) is 23.4. The number of nitro groups is 1. The molecular weight excluding hydrogens is 444 g/mol. The molecule has 0 aromatic heterocycles. The number of thiocarbonyl (C=S) groups is 1. The summed E-state index contributed by atoms with van der Waals surface area (Å²) in [6.45, 7) is 1.58. The van der Waals surface area contributed by atoms with E-state index in [9.17, 15) is 19.7 Å². The average molecular weight is 465 g/mol. The van der Waals surface area contributed by atoms with Crippen molar-refractivity contribution in [2.75, 3.05) is 0 Å². The number of fused-ring (bicyclic) bond motifs is 1. The smallest absolute Gasteiger partial charge is 0.279 e. The van der Waals surface area contributed by atoms with Crippen molar-refractivity contribution in [2.45, 2.75) is 13.0 Å². The van der Waals surface area contributed by atoms with Crippen LogP contribution in [0.25, 0.3) is 16.8 Å². The Bertz CT molecular complexity index is 1240. The van der Waals surface area contributed by atoms with Crippen molar-refractivity contribution in [3.05, 3.63) is 88.5 Å². The van der Waals surface area contributed by atoms with Crippen LogP contribution in [0.2, 0.25) is 0 Å². The number of nitrogens with one attached hydrogen (secondary N) is 3. The van der Waals surface area contributed by atoms with Crippen molar-refractivity contribution in [1.29, 1.82) is 0 Å². The van der Waals surface area contributed by atoms with Gasteiger partial charge in [0.1, 0.15) is 5.75 Å². The Hall–Kier alpha value is -4.31. The van der Waals surface area contributed by atoms with Crippen molar-refractivity contribution in [3.8, 4) is 5.75 Å². The molecule has 0 aliphatic heterocycles. The van der Waals surface area contributed by atoms with Gasteiger partial charge in [-0.15, -0.1) is 0 Å². The van der Waals surface area contributed by atoms with Gasteiger partial charge in [0, 0.05) is 18.2 Å². The molecule has 0 saturated heterocycles. The molecule has 0 fully saturated rings. The Morgan fingerprint density at radius 2 is 1.79 bits per heavy atom. The van der Waals surface area contributed by atoms with E-state index in [1.165, 1.54) is 30.4 Å². The Kier molecular flexibility index (Phi) is 7.66. The van der Waals surface area contributed by atoms with Crippen molar-refractivity contribution >= 4 is 51.7 Å². The van der Waals surface area contributed by atoms with E-state index in [2.05, 4.69) is 16.2 Å². The van der Waals surface area contributed by atoms with E-state index >= 15 is 0 Å². The Morgan fingerprint density at radius 3 is 2.55 bits per heavy atom. The molecule has 1 atom stereocenters. The van der Waals surface area contributed by atoms with Gasteiger partial charge in [0.05, 0.1) is 4.92 Å². The maximum Gasteiger partial charge on any atom is 0.279 e. The van der Waals surface area contributed by atoms with Crippen molar-refractivity contribution in [1.82, 2.24) is 16.2 Å². The van der Waals surface area contributed by atoms with E-state index in [0.717, 1.165) is 10.8 Å². The van der Waals surface area contributed by atoms with Crippen LogP contribution in [0.5, 0.6) is 5.75 Å². The predicted molar refractivity (Wildman–Crippen MR) is 128 cm³/mol. The fourth-order valence-corrected chi connectivity index (χ4v) is 2.97. The highest BCUT2D eigenvalue weighted by Gasteiger charge is 2.15. The summed E-state index contributed by atoms with van der Waals surface area (Å²) in [6.07, 6.45) is 1.74. The summed E-state index contributed by atoms with van der Waals surface area (Å²) >= 11 is 4.98. The Balaban J connectivity index is 1.46. The molecule has 0 bridgehead atoms. The lowest BCUT2D eigenvalue weighted by Gasteiger charge is -2.16. The third kappa shape index (κ3) is 6.84. The number of amides is 2. The minimum atomic E-state index is -0.828. The Labute approximate surface area is 194 Å². The third-order valence-corrected chi connectivity index (χ3v) is 4.65. The van der Waals surface area contributed by atoms with E-state index in [0.29, 0.717) is 11.3 Å². The number of rotatable bonds is 6. The highest BCUT2D eigenvalue weighted by atomic mass is 32.1. The normalized spacial score (nSPS) is 11.5. The molecule has 168 valence electrons. The number of hydrogen-bond donors (Lipinski definition) is 3. The van der Waals surface area contributed by atoms with Gasteiger partial charge in [0.15, 0.2) is 11.2 Å². The number of hydrogen-bond acceptors (Lipinski definition) is 6. The molecule has 2 amide bonds. The van der Waals surface area contributed by atoms with Crippen LogP contribution in [0.1, 0.15) is 12.5 Å². The van der Waals surface area contributed by atoms with Gasteiger partial charge in [-0.1, -0.05) is 42.5 Å². The van der Waals surface area contributed by atoms with E-state index in [-0.39, 0.29) is 10.8 Å².